The second-order valence-electron chi connectivity index (χ2n) is 9.59. The minimum atomic E-state index is -0.952. The maximum Gasteiger partial charge on any atom is 0.336 e. The predicted molar refractivity (Wildman–Crippen MR) is 155 cm³/mol. The van der Waals surface area contributed by atoms with E-state index in [2.05, 4.69) is 19.1 Å². The molecule has 4 aromatic rings. The molecule has 0 atom stereocenters. The highest BCUT2D eigenvalue weighted by Crippen LogP contribution is 2.25. The zero-order valence-corrected chi connectivity index (χ0v) is 22.4. The SMILES string of the molecule is CCCCOc1ccc(C(=O)N(CCCc2ccccc2)Cc2ccc(-c3ccccc3C(=O)O)cc2)cc1. The summed E-state index contributed by atoms with van der Waals surface area (Å²) in [6.07, 6.45) is 3.80. The molecule has 0 aliphatic heterocycles. The molecule has 0 radical (unpaired) electrons. The molecule has 0 spiro atoms. The Morgan fingerprint density at radius 1 is 0.769 bits per heavy atom. The van der Waals surface area contributed by atoms with Crippen LogP contribution in [0.2, 0.25) is 0 Å². The molecule has 0 saturated heterocycles. The van der Waals surface area contributed by atoms with Gasteiger partial charge in [0.05, 0.1) is 12.2 Å². The van der Waals surface area contributed by atoms with Gasteiger partial charge in [-0.2, -0.15) is 0 Å². The maximum atomic E-state index is 13.6. The predicted octanol–water partition coefficient (Wildman–Crippen LogP) is 7.51. The minimum absolute atomic E-state index is 0.0246. The lowest BCUT2D eigenvalue weighted by atomic mass is 9.98. The van der Waals surface area contributed by atoms with Crippen molar-refractivity contribution in [1.82, 2.24) is 4.90 Å². The fourth-order valence-corrected chi connectivity index (χ4v) is 4.51. The van der Waals surface area contributed by atoms with Crippen LogP contribution in [0.3, 0.4) is 0 Å². The van der Waals surface area contributed by atoms with Gasteiger partial charge in [0, 0.05) is 18.7 Å². The second kappa shape index (κ2) is 14.0. The Morgan fingerprint density at radius 3 is 2.15 bits per heavy atom. The summed E-state index contributed by atoms with van der Waals surface area (Å²) >= 11 is 0. The molecule has 1 N–H and O–H groups in total. The lowest BCUT2D eigenvalue weighted by molar-refractivity contribution is 0.0696. The van der Waals surface area contributed by atoms with Crippen molar-refractivity contribution in [2.75, 3.05) is 13.2 Å². The third-order valence-corrected chi connectivity index (χ3v) is 6.69. The van der Waals surface area contributed by atoms with Crippen LogP contribution in [-0.4, -0.2) is 35.0 Å². The average Bonchev–Trinajstić information content (AvgIpc) is 2.98. The molecule has 0 fully saturated rings. The number of amides is 1. The first-order chi connectivity index (χ1) is 19.0. The summed E-state index contributed by atoms with van der Waals surface area (Å²) in [5.41, 5.74) is 4.64. The molecule has 0 bridgehead atoms. The van der Waals surface area contributed by atoms with Gasteiger partial charge in [-0.05, 0) is 71.8 Å². The van der Waals surface area contributed by atoms with E-state index < -0.39 is 5.97 Å². The van der Waals surface area contributed by atoms with Crippen LogP contribution in [-0.2, 0) is 13.0 Å². The first-order valence-corrected chi connectivity index (χ1v) is 13.5. The number of ether oxygens (including phenoxy) is 1. The van der Waals surface area contributed by atoms with E-state index in [4.69, 9.17) is 4.74 Å². The molecule has 0 aliphatic rings. The van der Waals surface area contributed by atoms with E-state index in [9.17, 15) is 14.7 Å². The smallest absolute Gasteiger partial charge is 0.336 e. The van der Waals surface area contributed by atoms with Crippen LogP contribution in [0.25, 0.3) is 11.1 Å². The quantitative estimate of drug-likeness (QED) is 0.185. The molecule has 0 heterocycles. The fraction of sp³-hybridized carbons (Fsp3) is 0.235. The van der Waals surface area contributed by atoms with E-state index in [1.54, 1.807) is 12.1 Å². The van der Waals surface area contributed by atoms with E-state index in [1.165, 1.54) is 5.56 Å². The van der Waals surface area contributed by atoms with Crippen molar-refractivity contribution >= 4 is 11.9 Å². The number of hydrogen-bond acceptors (Lipinski definition) is 3. The summed E-state index contributed by atoms with van der Waals surface area (Å²) in [6, 6.07) is 32.4. The number of rotatable bonds is 13. The summed E-state index contributed by atoms with van der Waals surface area (Å²) < 4.78 is 5.76. The van der Waals surface area contributed by atoms with Crippen molar-refractivity contribution < 1.29 is 19.4 Å². The Kier molecular flexibility index (Phi) is 9.90. The lowest BCUT2D eigenvalue weighted by Gasteiger charge is -2.23. The number of unbranched alkanes of at least 4 members (excludes halogenated alkanes) is 1. The van der Waals surface area contributed by atoms with Gasteiger partial charge in [0.15, 0.2) is 0 Å². The third kappa shape index (κ3) is 7.81. The molecule has 0 unspecified atom stereocenters. The van der Waals surface area contributed by atoms with Gasteiger partial charge in [0.1, 0.15) is 5.75 Å². The Bertz CT molecular complexity index is 1350. The van der Waals surface area contributed by atoms with Gasteiger partial charge in [-0.1, -0.05) is 86.1 Å². The van der Waals surface area contributed by atoms with Crippen molar-refractivity contribution in [2.24, 2.45) is 0 Å². The first kappa shape index (κ1) is 27.6. The third-order valence-electron chi connectivity index (χ3n) is 6.69. The van der Waals surface area contributed by atoms with Crippen LogP contribution in [0.1, 0.15) is 58.0 Å². The van der Waals surface area contributed by atoms with E-state index in [0.29, 0.717) is 30.8 Å². The molecular formula is C34H35NO4. The number of nitrogens with zero attached hydrogens (tertiary/aromatic N) is 1. The van der Waals surface area contributed by atoms with Crippen LogP contribution in [0.4, 0.5) is 0 Å². The Balaban J connectivity index is 1.49. The van der Waals surface area contributed by atoms with Crippen molar-refractivity contribution in [3.8, 4) is 16.9 Å². The molecule has 4 rings (SSSR count). The first-order valence-electron chi connectivity index (χ1n) is 13.5. The zero-order valence-electron chi connectivity index (χ0n) is 22.4. The summed E-state index contributed by atoms with van der Waals surface area (Å²) in [7, 11) is 0. The van der Waals surface area contributed by atoms with E-state index in [1.807, 2.05) is 83.8 Å². The molecule has 4 aromatic carbocycles. The molecule has 5 nitrogen and oxygen atoms in total. The Morgan fingerprint density at radius 2 is 1.46 bits per heavy atom. The summed E-state index contributed by atoms with van der Waals surface area (Å²) in [6.45, 7) is 3.87. The fourth-order valence-electron chi connectivity index (χ4n) is 4.51. The second-order valence-corrected chi connectivity index (χ2v) is 9.59. The topological polar surface area (TPSA) is 66.8 Å². The van der Waals surface area contributed by atoms with Gasteiger partial charge in [0.2, 0.25) is 0 Å². The highest BCUT2D eigenvalue weighted by molar-refractivity contribution is 5.96. The van der Waals surface area contributed by atoms with Crippen molar-refractivity contribution in [2.45, 2.75) is 39.2 Å². The van der Waals surface area contributed by atoms with E-state index in [-0.39, 0.29) is 11.5 Å². The number of benzene rings is 4. The number of carbonyl (C=O) groups is 2. The Labute approximate surface area is 230 Å². The number of carboxylic acids is 1. The van der Waals surface area contributed by atoms with E-state index >= 15 is 0 Å². The standard InChI is InChI=1S/C34H35NO4/c1-2-3-24-39-30-21-19-29(20-22-30)33(36)35(23-9-12-26-10-5-4-6-11-26)25-27-15-17-28(18-16-27)31-13-7-8-14-32(31)34(37)38/h4-8,10-11,13-22H,2-3,9,12,23-25H2,1H3,(H,37,38). The van der Waals surface area contributed by atoms with Gasteiger partial charge < -0.3 is 14.7 Å². The molecule has 39 heavy (non-hydrogen) atoms. The number of aromatic carboxylic acids is 1. The van der Waals surface area contributed by atoms with Gasteiger partial charge in [0.25, 0.3) is 5.91 Å². The van der Waals surface area contributed by atoms with Crippen LogP contribution >= 0.6 is 0 Å². The van der Waals surface area contributed by atoms with E-state index in [0.717, 1.165) is 42.6 Å². The summed E-state index contributed by atoms with van der Waals surface area (Å²) in [4.78, 5) is 27.1. The molecule has 1 amide bonds. The average molecular weight is 522 g/mol. The minimum Gasteiger partial charge on any atom is -0.494 e. The highest BCUT2D eigenvalue weighted by Gasteiger charge is 2.17. The molecule has 0 saturated carbocycles. The van der Waals surface area contributed by atoms with Gasteiger partial charge in [-0.3, -0.25) is 4.79 Å². The van der Waals surface area contributed by atoms with Crippen molar-refractivity contribution in [3.63, 3.8) is 0 Å². The lowest BCUT2D eigenvalue weighted by Crippen LogP contribution is -2.31. The summed E-state index contributed by atoms with van der Waals surface area (Å²) in [5.74, 6) is -0.206. The summed E-state index contributed by atoms with van der Waals surface area (Å²) in [5, 5.41) is 9.55. The number of carboxylic acid groups (broad SMARTS) is 1. The van der Waals surface area contributed by atoms with Crippen LogP contribution in [0.15, 0.2) is 103 Å². The molecule has 0 aliphatic carbocycles. The van der Waals surface area contributed by atoms with Gasteiger partial charge in [-0.15, -0.1) is 0 Å². The largest absolute Gasteiger partial charge is 0.494 e. The van der Waals surface area contributed by atoms with Crippen LogP contribution < -0.4 is 4.74 Å². The van der Waals surface area contributed by atoms with Gasteiger partial charge in [-0.25, -0.2) is 4.79 Å². The maximum absolute atomic E-state index is 13.6. The Hall–Kier alpha value is -4.38. The normalized spacial score (nSPS) is 10.7. The van der Waals surface area contributed by atoms with Gasteiger partial charge >= 0.3 is 5.97 Å². The monoisotopic (exact) mass is 521 g/mol. The number of carbonyl (C=O) groups excluding carboxylic acids is 1. The van der Waals surface area contributed by atoms with Crippen LogP contribution in [0.5, 0.6) is 5.75 Å². The highest BCUT2D eigenvalue weighted by atomic mass is 16.5. The van der Waals surface area contributed by atoms with Crippen LogP contribution in [0, 0.1) is 0 Å². The van der Waals surface area contributed by atoms with Crippen molar-refractivity contribution in [3.05, 3.63) is 125 Å². The molecule has 200 valence electrons. The molecule has 5 heteroatoms. The molecule has 0 aromatic heterocycles. The number of hydrogen-bond donors (Lipinski definition) is 1. The molecular weight excluding hydrogens is 486 g/mol. The zero-order chi connectivity index (χ0) is 27.5. The van der Waals surface area contributed by atoms with Crippen molar-refractivity contribution in [1.29, 1.82) is 0 Å². The number of aryl methyl sites for hydroxylation is 1.